The Kier molecular flexibility index (Phi) is 2.70. The van der Waals surface area contributed by atoms with Gasteiger partial charge in [0, 0.05) is 23.8 Å². The van der Waals surface area contributed by atoms with Crippen molar-refractivity contribution in [3.05, 3.63) is 47.9 Å². The molecule has 104 valence electrons. The van der Waals surface area contributed by atoms with Gasteiger partial charge in [0.1, 0.15) is 11.5 Å². The molecule has 0 aliphatic carbocycles. The van der Waals surface area contributed by atoms with Crippen molar-refractivity contribution in [2.45, 2.75) is 18.6 Å². The van der Waals surface area contributed by atoms with Crippen LogP contribution in [0.25, 0.3) is 0 Å². The van der Waals surface area contributed by atoms with Crippen LogP contribution in [0.2, 0.25) is 0 Å². The maximum atomic E-state index is 5.97. The summed E-state index contributed by atoms with van der Waals surface area (Å²) in [6.07, 6.45) is 2.89. The molecule has 3 heterocycles. The summed E-state index contributed by atoms with van der Waals surface area (Å²) in [6.45, 7) is 0.796. The van der Waals surface area contributed by atoms with Gasteiger partial charge in [-0.3, -0.25) is 0 Å². The van der Waals surface area contributed by atoms with Crippen molar-refractivity contribution < 1.29 is 13.9 Å². The first-order valence-corrected chi connectivity index (χ1v) is 6.96. The standard InChI is InChI=1S/C16H17NO3/c1-18-10-4-5-13-12(9-10)16-11(6-8-20-16)15(17-13)14-3-2-7-19-14/h2-5,7,9,11,15-17H,6,8H2,1H3/t11-,15-,16-/m1/s1. The summed E-state index contributed by atoms with van der Waals surface area (Å²) in [5.41, 5.74) is 2.30. The average Bonchev–Trinajstić information content (AvgIpc) is 3.17. The van der Waals surface area contributed by atoms with Crippen molar-refractivity contribution in [2.24, 2.45) is 5.92 Å². The number of benzene rings is 1. The van der Waals surface area contributed by atoms with E-state index in [1.165, 1.54) is 5.56 Å². The summed E-state index contributed by atoms with van der Waals surface area (Å²) in [5, 5.41) is 3.59. The molecule has 2 aliphatic heterocycles. The highest BCUT2D eigenvalue weighted by Gasteiger charge is 2.42. The fourth-order valence-electron chi connectivity index (χ4n) is 3.33. The van der Waals surface area contributed by atoms with E-state index in [0.29, 0.717) is 5.92 Å². The van der Waals surface area contributed by atoms with Crippen molar-refractivity contribution in [3.63, 3.8) is 0 Å². The Balaban J connectivity index is 1.78. The van der Waals surface area contributed by atoms with Crippen LogP contribution >= 0.6 is 0 Å². The lowest BCUT2D eigenvalue weighted by atomic mass is 9.83. The summed E-state index contributed by atoms with van der Waals surface area (Å²) in [5.74, 6) is 2.25. The van der Waals surface area contributed by atoms with Crippen molar-refractivity contribution in [1.82, 2.24) is 0 Å². The molecular weight excluding hydrogens is 254 g/mol. The van der Waals surface area contributed by atoms with E-state index in [2.05, 4.69) is 17.4 Å². The van der Waals surface area contributed by atoms with Gasteiger partial charge in [-0.25, -0.2) is 0 Å². The minimum atomic E-state index is 0.122. The quantitative estimate of drug-likeness (QED) is 0.907. The zero-order valence-electron chi connectivity index (χ0n) is 11.3. The van der Waals surface area contributed by atoms with Gasteiger partial charge in [0.05, 0.1) is 25.5 Å². The molecule has 0 amide bonds. The first-order chi connectivity index (χ1) is 9.86. The van der Waals surface area contributed by atoms with Crippen LogP contribution in [0.3, 0.4) is 0 Å². The molecule has 1 N–H and O–H groups in total. The second-order valence-electron chi connectivity index (χ2n) is 5.33. The Morgan fingerprint density at radius 3 is 3.05 bits per heavy atom. The Morgan fingerprint density at radius 2 is 2.25 bits per heavy atom. The van der Waals surface area contributed by atoms with Crippen LogP contribution in [-0.4, -0.2) is 13.7 Å². The maximum Gasteiger partial charge on any atom is 0.126 e. The van der Waals surface area contributed by atoms with Crippen LogP contribution < -0.4 is 10.1 Å². The van der Waals surface area contributed by atoms with E-state index in [-0.39, 0.29) is 12.1 Å². The number of furan rings is 1. The number of methoxy groups -OCH3 is 1. The predicted octanol–water partition coefficient (Wildman–Crippen LogP) is 3.53. The largest absolute Gasteiger partial charge is 0.497 e. The van der Waals surface area contributed by atoms with Crippen LogP contribution in [-0.2, 0) is 4.74 Å². The fraction of sp³-hybridized carbons (Fsp3) is 0.375. The van der Waals surface area contributed by atoms with E-state index in [1.54, 1.807) is 13.4 Å². The molecule has 4 nitrogen and oxygen atoms in total. The summed E-state index contributed by atoms with van der Waals surface area (Å²) >= 11 is 0. The summed E-state index contributed by atoms with van der Waals surface area (Å²) < 4.78 is 16.9. The van der Waals surface area contributed by atoms with Gasteiger partial charge in [0.25, 0.3) is 0 Å². The summed E-state index contributed by atoms with van der Waals surface area (Å²) in [7, 11) is 1.69. The van der Waals surface area contributed by atoms with E-state index in [9.17, 15) is 0 Å². The lowest BCUT2D eigenvalue weighted by Gasteiger charge is -2.35. The number of hydrogen-bond acceptors (Lipinski definition) is 4. The van der Waals surface area contributed by atoms with Crippen LogP contribution in [0.15, 0.2) is 41.0 Å². The summed E-state index contributed by atoms with van der Waals surface area (Å²) in [6, 6.07) is 10.2. The topological polar surface area (TPSA) is 43.6 Å². The Morgan fingerprint density at radius 1 is 1.30 bits per heavy atom. The molecule has 1 aromatic carbocycles. The zero-order chi connectivity index (χ0) is 13.5. The van der Waals surface area contributed by atoms with E-state index >= 15 is 0 Å². The molecular formula is C16H17NO3. The van der Waals surface area contributed by atoms with Crippen LogP contribution in [0, 0.1) is 5.92 Å². The van der Waals surface area contributed by atoms with Gasteiger partial charge in [-0.2, -0.15) is 0 Å². The highest BCUT2D eigenvalue weighted by atomic mass is 16.5. The van der Waals surface area contributed by atoms with Gasteiger partial charge in [-0.1, -0.05) is 0 Å². The van der Waals surface area contributed by atoms with Gasteiger partial charge in [-0.15, -0.1) is 0 Å². The van der Waals surface area contributed by atoms with Crippen molar-refractivity contribution in [1.29, 1.82) is 0 Å². The van der Waals surface area contributed by atoms with Crippen molar-refractivity contribution >= 4 is 5.69 Å². The Bertz CT molecular complexity index is 608. The molecule has 3 atom stereocenters. The third kappa shape index (κ3) is 1.72. The number of ether oxygens (including phenoxy) is 2. The molecule has 1 fully saturated rings. The molecule has 0 saturated carbocycles. The van der Waals surface area contributed by atoms with Crippen molar-refractivity contribution in [2.75, 3.05) is 19.0 Å². The van der Waals surface area contributed by atoms with E-state index in [0.717, 1.165) is 30.2 Å². The normalized spacial score (nSPS) is 27.6. The second kappa shape index (κ2) is 4.56. The molecule has 4 heteroatoms. The number of nitrogens with one attached hydrogen (secondary N) is 1. The van der Waals surface area contributed by atoms with Gasteiger partial charge in [0.2, 0.25) is 0 Å². The summed E-state index contributed by atoms with van der Waals surface area (Å²) in [4.78, 5) is 0. The second-order valence-corrected chi connectivity index (χ2v) is 5.33. The van der Waals surface area contributed by atoms with E-state index in [4.69, 9.17) is 13.9 Å². The molecule has 0 radical (unpaired) electrons. The molecule has 0 spiro atoms. The highest BCUT2D eigenvalue weighted by Crippen LogP contribution is 2.50. The monoisotopic (exact) mass is 271 g/mol. The Hall–Kier alpha value is -1.94. The SMILES string of the molecule is COc1ccc2c(c1)[C@@H]1OCC[C@@H]1[C@H](c1ccco1)N2. The highest BCUT2D eigenvalue weighted by molar-refractivity contribution is 5.59. The van der Waals surface area contributed by atoms with Gasteiger partial charge >= 0.3 is 0 Å². The lowest BCUT2D eigenvalue weighted by molar-refractivity contribution is 0.0806. The minimum absolute atomic E-state index is 0.122. The van der Waals surface area contributed by atoms with Crippen LogP contribution in [0.1, 0.15) is 29.9 Å². The molecule has 4 rings (SSSR count). The van der Waals surface area contributed by atoms with E-state index < -0.39 is 0 Å². The number of hydrogen-bond donors (Lipinski definition) is 1. The molecule has 2 aliphatic rings. The molecule has 0 bridgehead atoms. The van der Waals surface area contributed by atoms with Crippen LogP contribution in [0.4, 0.5) is 5.69 Å². The Labute approximate surface area is 117 Å². The molecule has 20 heavy (non-hydrogen) atoms. The molecule has 0 unspecified atom stereocenters. The molecule has 2 aromatic rings. The van der Waals surface area contributed by atoms with E-state index in [1.807, 2.05) is 18.2 Å². The van der Waals surface area contributed by atoms with Gasteiger partial charge < -0.3 is 19.2 Å². The van der Waals surface area contributed by atoms with Crippen molar-refractivity contribution in [3.8, 4) is 5.75 Å². The first-order valence-electron chi connectivity index (χ1n) is 6.96. The number of rotatable bonds is 2. The average molecular weight is 271 g/mol. The first kappa shape index (κ1) is 11.9. The predicted molar refractivity (Wildman–Crippen MR) is 74.9 cm³/mol. The molecule has 1 saturated heterocycles. The molecule has 1 aromatic heterocycles. The van der Waals surface area contributed by atoms with Crippen LogP contribution in [0.5, 0.6) is 5.75 Å². The van der Waals surface area contributed by atoms with Gasteiger partial charge in [0.15, 0.2) is 0 Å². The third-order valence-electron chi connectivity index (χ3n) is 4.29. The lowest BCUT2D eigenvalue weighted by Crippen LogP contribution is -2.28. The number of anilines is 1. The van der Waals surface area contributed by atoms with Gasteiger partial charge in [-0.05, 0) is 36.8 Å². The smallest absolute Gasteiger partial charge is 0.126 e. The zero-order valence-corrected chi connectivity index (χ0v) is 11.3. The third-order valence-corrected chi connectivity index (χ3v) is 4.29. The maximum absolute atomic E-state index is 5.97. The number of fused-ring (bicyclic) bond motifs is 3. The minimum Gasteiger partial charge on any atom is -0.497 e. The fourth-order valence-corrected chi connectivity index (χ4v) is 3.33.